The molecule has 2 heterocycles. The molecule has 2 aliphatic heterocycles. The topological polar surface area (TPSA) is 35.9 Å². The molecule has 0 bridgehead atoms. The molecule has 2 unspecified atom stereocenters. The molecular weight excluding hydrogens is 252 g/mol. The fourth-order valence-corrected chi connectivity index (χ4v) is 4.15. The van der Waals surface area contributed by atoms with Crippen LogP contribution in [-0.2, 0) is 4.74 Å². The Kier molecular flexibility index (Phi) is 5.32. The highest BCUT2D eigenvalue weighted by molar-refractivity contribution is 4.86. The van der Waals surface area contributed by atoms with E-state index in [1.807, 2.05) is 0 Å². The highest BCUT2D eigenvalue weighted by atomic mass is 16.5. The van der Waals surface area contributed by atoms with E-state index in [2.05, 4.69) is 9.80 Å². The molecule has 1 saturated carbocycles. The first-order valence-corrected chi connectivity index (χ1v) is 8.55. The third kappa shape index (κ3) is 3.73. The van der Waals surface area contributed by atoms with Crippen molar-refractivity contribution in [2.45, 2.75) is 50.7 Å². The maximum absolute atomic E-state index is 10.5. The van der Waals surface area contributed by atoms with Crippen LogP contribution < -0.4 is 0 Å². The minimum Gasteiger partial charge on any atom is -0.392 e. The first-order valence-electron chi connectivity index (χ1n) is 8.55. The zero-order valence-corrected chi connectivity index (χ0v) is 12.7. The van der Waals surface area contributed by atoms with Gasteiger partial charge in [-0.15, -0.1) is 0 Å². The predicted molar refractivity (Wildman–Crippen MR) is 79.8 cm³/mol. The number of rotatable bonds is 4. The number of hydrogen-bond acceptors (Lipinski definition) is 4. The van der Waals surface area contributed by atoms with E-state index in [4.69, 9.17) is 4.74 Å². The highest BCUT2D eigenvalue weighted by Gasteiger charge is 2.31. The van der Waals surface area contributed by atoms with Gasteiger partial charge in [-0.05, 0) is 31.7 Å². The highest BCUT2D eigenvalue weighted by Crippen LogP contribution is 2.27. The standard InChI is InChI=1S/C16H30N2O2/c19-16(14-4-2-1-3-5-14)13-17-7-6-15(12-17)18-8-10-20-11-9-18/h14-16,19H,1-13H2. The Morgan fingerprint density at radius 2 is 1.75 bits per heavy atom. The van der Waals surface area contributed by atoms with Gasteiger partial charge in [0.1, 0.15) is 0 Å². The first-order chi connectivity index (χ1) is 9.83. The Balaban J connectivity index is 1.42. The number of β-amino-alcohol motifs (C(OH)–C–C–N with tert-alkyl or cyclic N) is 1. The molecule has 0 radical (unpaired) electrons. The summed E-state index contributed by atoms with van der Waals surface area (Å²) < 4.78 is 5.43. The van der Waals surface area contributed by atoms with E-state index in [0.29, 0.717) is 12.0 Å². The molecule has 116 valence electrons. The molecule has 4 nitrogen and oxygen atoms in total. The molecule has 20 heavy (non-hydrogen) atoms. The molecule has 0 aromatic heterocycles. The maximum Gasteiger partial charge on any atom is 0.0695 e. The van der Waals surface area contributed by atoms with Crippen LogP contribution in [0, 0.1) is 5.92 Å². The van der Waals surface area contributed by atoms with Crippen molar-refractivity contribution in [3.05, 3.63) is 0 Å². The van der Waals surface area contributed by atoms with Crippen molar-refractivity contribution in [1.29, 1.82) is 0 Å². The van der Waals surface area contributed by atoms with Crippen LogP contribution in [0.4, 0.5) is 0 Å². The van der Waals surface area contributed by atoms with Gasteiger partial charge in [0.25, 0.3) is 0 Å². The van der Waals surface area contributed by atoms with Crippen LogP contribution in [0.15, 0.2) is 0 Å². The van der Waals surface area contributed by atoms with Crippen LogP contribution in [-0.4, -0.2) is 73.0 Å². The second-order valence-electron chi connectivity index (χ2n) is 6.82. The quantitative estimate of drug-likeness (QED) is 0.844. The molecule has 0 spiro atoms. The fourth-order valence-electron chi connectivity index (χ4n) is 4.15. The van der Waals surface area contributed by atoms with Crippen molar-refractivity contribution in [1.82, 2.24) is 9.80 Å². The summed E-state index contributed by atoms with van der Waals surface area (Å²) in [4.78, 5) is 5.07. The number of aliphatic hydroxyl groups is 1. The number of likely N-dealkylation sites (tertiary alicyclic amines) is 1. The Morgan fingerprint density at radius 1 is 1.00 bits per heavy atom. The summed E-state index contributed by atoms with van der Waals surface area (Å²) >= 11 is 0. The zero-order chi connectivity index (χ0) is 13.8. The third-order valence-corrected chi connectivity index (χ3v) is 5.45. The first kappa shape index (κ1) is 14.8. The summed E-state index contributed by atoms with van der Waals surface area (Å²) in [5, 5.41) is 10.5. The zero-order valence-electron chi connectivity index (χ0n) is 12.7. The molecule has 3 aliphatic rings. The van der Waals surface area contributed by atoms with Crippen LogP contribution in [0.25, 0.3) is 0 Å². The molecule has 4 heteroatoms. The van der Waals surface area contributed by atoms with Crippen molar-refractivity contribution >= 4 is 0 Å². The van der Waals surface area contributed by atoms with E-state index in [1.54, 1.807) is 0 Å². The Labute approximate surface area is 123 Å². The molecule has 2 atom stereocenters. The second kappa shape index (κ2) is 7.21. The van der Waals surface area contributed by atoms with Gasteiger partial charge >= 0.3 is 0 Å². The van der Waals surface area contributed by atoms with E-state index in [1.165, 1.54) is 38.5 Å². The Morgan fingerprint density at radius 3 is 2.50 bits per heavy atom. The molecular formula is C16H30N2O2. The molecule has 0 aromatic rings. The van der Waals surface area contributed by atoms with Crippen molar-refractivity contribution in [2.75, 3.05) is 45.9 Å². The third-order valence-electron chi connectivity index (χ3n) is 5.45. The number of ether oxygens (including phenoxy) is 1. The van der Waals surface area contributed by atoms with Gasteiger partial charge in [0, 0.05) is 32.2 Å². The SMILES string of the molecule is OC(CN1CCC(N2CCOCC2)C1)C1CCCCC1. The van der Waals surface area contributed by atoms with Crippen molar-refractivity contribution < 1.29 is 9.84 Å². The number of hydrogen-bond donors (Lipinski definition) is 1. The Bertz CT molecular complexity index is 288. The molecule has 1 N–H and O–H groups in total. The summed E-state index contributed by atoms with van der Waals surface area (Å²) in [7, 11) is 0. The molecule has 1 aliphatic carbocycles. The lowest BCUT2D eigenvalue weighted by molar-refractivity contribution is 0.0153. The van der Waals surface area contributed by atoms with Gasteiger partial charge in [-0.2, -0.15) is 0 Å². The summed E-state index contributed by atoms with van der Waals surface area (Å²) in [5.41, 5.74) is 0. The molecule has 2 saturated heterocycles. The molecule has 3 fully saturated rings. The van der Waals surface area contributed by atoms with Gasteiger partial charge in [-0.3, -0.25) is 9.80 Å². The minimum atomic E-state index is -0.0984. The van der Waals surface area contributed by atoms with Crippen molar-refractivity contribution in [3.63, 3.8) is 0 Å². The minimum absolute atomic E-state index is 0.0984. The maximum atomic E-state index is 10.5. The van der Waals surface area contributed by atoms with Crippen LogP contribution in [0.2, 0.25) is 0 Å². The number of nitrogens with zero attached hydrogens (tertiary/aromatic N) is 2. The van der Waals surface area contributed by atoms with Gasteiger partial charge in [-0.1, -0.05) is 19.3 Å². The van der Waals surface area contributed by atoms with Crippen LogP contribution >= 0.6 is 0 Å². The molecule has 0 aromatic carbocycles. The van der Waals surface area contributed by atoms with Crippen LogP contribution in [0.3, 0.4) is 0 Å². The van der Waals surface area contributed by atoms with Crippen molar-refractivity contribution in [2.24, 2.45) is 5.92 Å². The second-order valence-corrected chi connectivity index (χ2v) is 6.82. The van der Waals surface area contributed by atoms with Crippen LogP contribution in [0.1, 0.15) is 38.5 Å². The van der Waals surface area contributed by atoms with Crippen LogP contribution in [0.5, 0.6) is 0 Å². The van der Waals surface area contributed by atoms with E-state index >= 15 is 0 Å². The molecule has 3 rings (SSSR count). The van der Waals surface area contributed by atoms with Gasteiger partial charge < -0.3 is 9.84 Å². The lowest BCUT2D eigenvalue weighted by Gasteiger charge is -2.33. The van der Waals surface area contributed by atoms with E-state index in [-0.39, 0.29) is 6.10 Å². The van der Waals surface area contributed by atoms with Gasteiger partial charge in [0.05, 0.1) is 19.3 Å². The summed E-state index contributed by atoms with van der Waals surface area (Å²) in [6.45, 7) is 7.15. The average Bonchev–Trinajstić information content (AvgIpc) is 2.97. The monoisotopic (exact) mass is 282 g/mol. The summed E-state index contributed by atoms with van der Waals surface area (Å²) in [5.74, 6) is 0.561. The predicted octanol–water partition coefficient (Wildman–Crippen LogP) is 1.33. The summed E-state index contributed by atoms with van der Waals surface area (Å²) in [6, 6.07) is 0.692. The van der Waals surface area contributed by atoms with Gasteiger partial charge in [0.15, 0.2) is 0 Å². The largest absolute Gasteiger partial charge is 0.392 e. The van der Waals surface area contributed by atoms with Crippen molar-refractivity contribution in [3.8, 4) is 0 Å². The number of morpholine rings is 1. The fraction of sp³-hybridized carbons (Fsp3) is 1.00. The lowest BCUT2D eigenvalue weighted by atomic mass is 9.85. The lowest BCUT2D eigenvalue weighted by Crippen LogP contribution is -2.45. The van der Waals surface area contributed by atoms with Gasteiger partial charge in [-0.25, -0.2) is 0 Å². The average molecular weight is 282 g/mol. The smallest absolute Gasteiger partial charge is 0.0695 e. The van der Waals surface area contributed by atoms with E-state index in [0.717, 1.165) is 45.9 Å². The van der Waals surface area contributed by atoms with Gasteiger partial charge in [0.2, 0.25) is 0 Å². The number of aliphatic hydroxyl groups excluding tert-OH is 1. The van der Waals surface area contributed by atoms with E-state index < -0.39 is 0 Å². The normalized spacial score (nSPS) is 32.5. The Hall–Kier alpha value is -0.160. The summed E-state index contributed by atoms with van der Waals surface area (Å²) in [6.07, 6.45) is 7.64. The van der Waals surface area contributed by atoms with E-state index in [9.17, 15) is 5.11 Å². The molecule has 0 amide bonds.